The number of rotatable bonds is 1. The predicted octanol–water partition coefficient (Wildman–Crippen LogP) is 2.23. The summed E-state index contributed by atoms with van der Waals surface area (Å²) in [6.45, 7) is 3.51. The minimum atomic E-state index is -0.458. The number of nitrogens with one attached hydrogen (secondary N) is 1. The number of hydrogen-bond donors (Lipinski definition) is 3. The first kappa shape index (κ1) is 12.6. The van der Waals surface area contributed by atoms with Gasteiger partial charge >= 0.3 is 0 Å². The van der Waals surface area contributed by atoms with E-state index in [-0.39, 0.29) is 21.9 Å². The third-order valence-corrected chi connectivity index (χ3v) is 3.32. The lowest BCUT2D eigenvalue weighted by molar-refractivity contribution is 0.448. The molecule has 18 heavy (non-hydrogen) atoms. The van der Waals surface area contributed by atoms with E-state index in [2.05, 4.69) is 25.9 Å². The van der Waals surface area contributed by atoms with Crippen molar-refractivity contribution in [3.05, 3.63) is 38.1 Å². The second kappa shape index (κ2) is 4.45. The fourth-order valence-corrected chi connectivity index (χ4v) is 1.86. The van der Waals surface area contributed by atoms with E-state index in [4.69, 9.17) is 0 Å². The van der Waals surface area contributed by atoms with Crippen molar-refractivity contribution < 1.29 is 10.2 Å². The van der Waals surface area contributed by atoms with Gasteiger partial charge in [-0.2, -0.15) is 4.98 Å². The van der Waals surface area contributed by atoms with Crippen molar-refractivity contribution in [3.63, 3.8) is 0 Å². The van der Waals surface area contributed by atoms with E-state index >= 15 is 0 Å². The van der Waals surface area contributed by atoms with E-state index in [0.29, 0.717) is 16.7 Å². The monoisotopic (exact) mass is 310 g/mol. The Balaban J connectivity index is 2.66. The molecule has 0 bridgehead atoms. The number of aromatic hydroxyl groups is 2. The van der Waals surface area contributed by atoms with Gasteiger partial charge < -0.3 is 15.2 Å². The van der Waals surface area contributed by atoms with Crippen LogP contribution in [0.4, 0.5) is 0 Å². The van der Waals surface area contributed by atoms with Crippen LogP contribution in [0.5, 0.6) is 11.6 Å². The molecule has 0 unspecified atom stereocenters. The second-order valence-electron chi connectivity index (χ2n) is 4.01. The molecule has 5 nitrogen and oxygen atoms in total. The number of nitrogens with zero attached hydrogens (tertiary/aromatic N) is 1. The number of aromatic nitrogens is 2. The molecule has 0 aliphatic heterocycles. The lowest BCUT2D eigenvalue weighted by Crippen LogP contribution is -2.09. The summed E-state index contributed by atoms with van der Waals surface area (Å²) in [5.41, 5.74) is 1.52. The number of phenols is 1. The van der Waals surface area contributed by atoms with Crippen LogP contribution in [-0.4, -0.2) is 20.2 Å². The fourth-order valence-electron chi connectivity index (χ4n) is 1.68. The molecule has 2 aromatic rings. The van der Waals surface area contributed by atoms with Gasteiger partial charge in [0.2, 0.25) is 5.88 Å². The Bertz CT molecular complexity index is 657. The van der Waals surface area contributed by atoms with E-state index < -0.39 is 5.56 Å². The molecule has 1 aromatic heterocycles. The van der Waals surface area contributed by atoms with Crippen LogP contribution >= 0.6 is 15.9 Å². The number of hydrogen-bond acceptors (Lipinski definition) is 4. The van der Waals surface area contributed by atoms with Crippen LogP contribution in [0.3, 0.4) is 0 Å². The van der Waals surface area contributed by atoms with Gasteiger partial charge in [-0.1, -0.05) is 0 Å². The van der Waals surface area contributed by atoms with Crippen molar-refractivity contribution in [1.29, 1.82) is 0 Å². The maximum Gasteiger partial charge on any atom is 0.269 e. The molecular formula is C12H11BrN2O3. The molecule has 0 spiro atoms. The largest absolute Gasteiger partial charge is 0.507 e. The van der Waals surface area contributed by atoms with Gasteiger partial charge in [0.15, 0.2) is 0 Å². The number of aryl methyl sites for hydroxylation is 2. The molecule has 0 aliphatic rings. The zero-order valence-electron chi connectivity index (χ0n) is 9.78. The normalized spacial score (nSPS) is 10.6. The standard InChI is InChI=1S/C12H11BrN2O3/c1-5-3-7(4-6(2)9(5)16)10-14-11(17)8(13)12(18)15-10/h3-4,16H,1-2H3,(H2,14,15,17,18). The lowest BCUT2D eigenvalue weighted by atomic mass is 10.1. The van der Waals surface area contributed by atoms with Crippen LogP contribution in [0.2, 0.25) is 0 Å². The molecule has 0 fully saturated rings. The molecule has 94 valence electrons. The van der Waals surface area contributed by atoms with Crippen molar-refractivity contribution in [2.75, 3.05) is 0 Å². The number of aromatic amines is 1. The maximum atomic E-state index is 11.5. The lowest BCUT2D eigenvalue weighted by Gasteiger charge is -2.08. The summed E-state index contributed by atoms with van der Waals surface area (Å²) >= 11 is 2.93. The van der Waals surface area contributed by atoms with Crippen LogP contribution in [0.1, 0.15) is 11.1 Å². The Morgan fingerprint density at radius 1 is 1.22 bits per heavy atom. The molecule has 0 aliphatic carbocycles. The summed E-state index contributed by atoms with van der Waals surface area (Å²) in [6.07, 6.45) is 0. The minimum Gasteiger partial charge on any atom is -0.507 e. The minimum absolute atomic E-state index is 0.00141. The van der Waals surface area contributed by atoms with Gasteiger partial charge in [-0.25, -0.2) is 0 Å². The van der Waals surface area contributed by atoms with Crippen LogP contribution in [0.15, 0.2) is 21.4 Å². The third kappa shape index (κ3) is 2.11. The quantitative estimate of drug-likeness (QED) is 0.754. The summed E-state index contributed by atoms with van der Waals surface area (Å²) in [5, 5.41) is 19.2. The van der Waals surface area contributed by atoms with Crippen molar-refractivity contribution in [3.8, 4) is 23.0 Å². The highest BCUT2D eigenvalue weighted by molar-refractivity contribution is 9.10. The zero-order chi connectivity index (χ0) is 13.4. The summed E-state index contributed by atoms with van der Waals surface area (Å²) < 4.78 is -0.00141. The van der Waals surface area contributed by atoms with Crippen LogP contribution in [0, 0.1) is 13.8 Å². The van der Waals surface area contributed by atoms with Gasteiger partial charge in [0.1, 0.15) is 16.0 Å². The highest BCUT2D eigenvalue weighted by Gasteiger charge is 2.11. The molecule has 0 radical (unpaired) electrons. The Kier molecular flexibility index (Phi) is 3.13. The maximum absolute atomic E-state index is 11.5. The van der Waals surface area contributed by atoms with Crippen molar-refractivity contribution >= 4 is 15.9 Å². The third-order valence-electron chi connectivity index (χ3n) is 2.61. The summed E-state index contributed by atoms with van der Waals surface area (Å²) in [5.74, 6) is 0.103. The van der Waals surface area contributed by atoms with E-state index in [9.17, 15) is 15.0 Å². The SMILES string of the molecule is Cc1cc(-c2nc(O)c(Br)c(=O)[nH]2)cc(C)c1O. The van der Waals surface area contributed by atoms with E-state index in [1.165, 1.54) is 0 Å². The Hall–Kier alpha value is -1.82. The van der Waals surface area contributed by atoms with Gasteiger partial charge in [-0.15, -0.1) is 0 Å². The Labute approximate surface area is 111 Å². The van der Waals surface area contributed by atoms with E-state index in [0.717, 1.165) is 0 Å². The first-order chi connectivity index (χ1) is 8.40. The first-order valence-electron chi connectivity index (χ1n) is 5.19. The number of halogens is 1. The highest BCUT2D eigenvalue weighted by Crippen LogP contribution is 2.28. The predicted molar refractivity (Wildman–Crippen MR) is 70.8 cm³/mol. The van der Waals surface area contributed by atoms with Gasteiger partial charge in [-0.05, 0) is 53.0 Å². The molecule has 0 saturated heterocycles. The van der Waals surface area contributed by atoms with Crippen LogP contribution in [0.25, 0.3) is 11.4 Å². The van der Waals surface area contributed by atoms with Gasteiger partial charge in [0.05, 0.1) is 0 Å². The average Bonchev–Trinajstić information content (AvgIpc) is 2.31. The smallest absolute Gasteiger partial charge is 0.269 e. The van der Waals surface area contributed by atoms with E-state index in [1.54, 1.807) is 26.0 Å². The average molecular weight is 311 g/mol. The highest BCUT2D eigenvalue weighted by atomic mass is 79.9. The Morgan fingerprint density at radius 2 is 1.78 bits per heavy atom. The van der Waals surface area contributed by atoms with Crippen LogP contribution in [-0.2, 0) is 0 Å². The molecular weight excluding hydrogens is 300 g/mol. The molecule has 2 rings (SSSR count). The van der Waals surface area contributed by atoms with Gasteiger partial charge in [0, 0.05) is 5.56 Å². The van der Waals surface area contributed by atoms with Crippen molar-refractivity contribution in [1.82, 2.24) is 9.97 Å². The molecule has 6 heteroatoms. The molecule has 0 atom stereocenters. The molecule has 1 aromatic carbocycles. The van der Waals surface area contributed by atoms with Crippen molar-refractivity contribution in [2.45, 2.75) is 13.8 Å². The molecule has 0 amide bonds. The fraction of sp³-hybridized carbons (Fsp3) is 0.167. The zero-order valence-corrected chi connectivity index (χ0v) is 11.4. The second-order valence-corrected chi connectivity index (χ2v) is 4.80. The summed E-state index contributed by atoms with van der Waals surface area (Å²) in [4.78, 5) is 18.0. The number of phenolic OH excluding ortho intramolecular Hbond substituents is 1. The van der Waals surface area contributed by atoms with Gasteiger partial charge in [-0.3, -0.25) is 4.79 Å². The first-order valence-corrected chi connectivity index (χ1v) is 5.99. The van der Waals surface area contributed by atoms with Gasteiger partial charge in [0.25, 0.3) is 5.56 Å². The van der Waals surface area contributed by atoms with Crippen molar-refractivity contribution in [2.24, 2.45) is 0 Å². The topological polar surface area (TPSA) is 86.2 Å². The number of benzene rings is 1. The number of H-pyrrole nitrogens is 1. The summed E-state index contributed by atoms with van der Waals surface area (Å²) in [7, 11) is 0. The molecule has 3 N–H and O–H groups in total. The van der Waals surface area contributed by atoms with E-state index in [1.807, 2.05) is 0 Å². The molecule has 1 heterocycles. The Morgan fingerprint density at radius 3 is 2.28 bits per heavy atom. The summed E-state index contributed by atoms with van der Waals surface area (Å²) in [6, 6.07) is 3.38. The molecule has 0 saturated carbocycles. The van der Waals surface area contributed by atoms with Crippen LogP contribution < -0.4 is 5.56 Å².